The number of hydrogen-bond acceptors (Lipinski definition) is 4. The Morgan fingerprint density at radius 3 is 2.52 bits per heavy atom. The molecule has 0 saturated carbocycles. The topological polar surface area (TPSA) is 76.5 Å². The third-order valence-corrected chi connectivity index (χ3v) is 4.85. The maximum atomic E-state index is 12.5. The number of aromatic nitrogens is 2. The van der Waals surface area contributed by atoms with Gasteiger partial charge in [0.25, 0.3) is 0 Å². The van der Waals surface area contributed by atoms with Crippen LogP contribution in [0.25, 0.3) is 5.69 Å². The van der Waals surface area contributed by atoms with E-state index in [1.165, 1.54) is 0 Å². The van der Waals surface area contributed by atoms with Crippen molar-refractivity contribution in [3.63, 3.8) is 0 Å². The van der Waals surface area contributed by atoms with Crippen LogP contribution in [-0.4, -0.2) is 58.8 Å². The monoisotopic (exact) mass is 370 g/mol. The summed E-state index contributed by atoms with van der Waals surface area (Å²) in [5.74, 6) is -0.247. The minimum atomic E-state index is -0.555. The third kappa shape index (κ3) is 4.36. The molecule has 1 atom stereocenters. The van der Waals surface area contributed by atoms with E-state index in [-0.39, 0.29) is 18.2 Å². The van der Waals surface area contributed by atoms with Gasteiger partial charge in [0.1, 0.15) is 6.04 Å². The molecular weight excluding hydrogens is 344 g/mol. The van der Waals surface area contributed by atoms with Crippen molar-refractivity contribution in [2.24, 2.45) is 0 Å². The highest BCUT2D eigenvalue weighted by Crippen LogP contribution is 2.18. The van der Waals surface area contributed by atoms with Crippen LogP contribution in [-0.2, 0) is 20.7 Å². The van der Waals surface area contributed by atoms with Gasteiger partial charge < -0.3 is 15.0 Å². The number of ether oxygens (including phenoxy) is 1. The fourth-order valence-corrected chi connectivity index (χ4v) is 3.32. The van der Waals surface area contributed by atoms with Gasteiger partial charge in [0.15, 0.2) is 0 Å². The Bertz CT molecular complexity index is 810. The highest BCUT2D eigenvalue weighted by atomic mass is 16.5. The molecule has 0 aliphatic carbocycles. The van der Waals surface area contributed by atoms with Crippen LogP contribution in [0.1, 0.15) is 23.9 Å². The largest absolute Gasteiger partial charge is 0.378 e. The number of hydrogen-bond donors (Lipinski definition) is 1. The van der Waals surface area contributed by atoms with Crippen LogP contribution >= 0.6 is 0 Å². The predicted molar refractivity (Wildman–Crippen MR) is 102 cm³/mol. The molecule has 3 rings (SSSR count). The zero-order chi connectivity index (χ0) is 19.4. The third-order valence-electron chi connectivity index (χ3n) is 4.85. The molecule has 1 aromatic carbocycles. The smallest absolute Gasteiger partial charge is 0.245 e. The van der Waals surface area contributed by atoms with Crippen molar-refractivity contribution < 1.29 is 14.3 Å². The van der Waals surface area contributed by atoms with Gasteiger partial charge in [0.2, 0.25) is 11.8 Å². The maximum Gasteiger partial charge on any atom is 0.245 e. The highest BCUT2D eigenvalue weighted by molar-refractivity contribution is 5.88. The van der Waals surface area contributed by atoms with Gasteiger partial charge >= 0.3 is 0 Å². The molecule has 144 valence electrons. The number of nitrogens with zero attached hydrogens (tertiary/aromatic N) is 3. The average molecular weight is 370 g/mol. The van der Waals surface area contributed by atoms with E-state index in [1.807, 2.05) is 48.9 Å². The Balaban J connectivity index is 1.65. The van der Waals surface area contributed by atoms with Gasteiger partial charge in [-0.3, -0.25) is 9.59 Å². The van der Waals surface area contributed by atoms with Crippen molar-refractivity contribution in [2.45, 2.75) is 33.2 Å². The fourth-order valence-electron chi connectivity index (χ4n) is 3.32. The first-order valence-electron chi connectivity index (χ1n) is 9.23. The molecule has 2 aromatic rings. The van der Waals surface area contributed by atoms with E-state index in [1.54, 1.807) is 11.8 Å². The first kappa shape index (κ1) is 19.1. The minimum Gasteiger partial charge on any atom is -0.378 e. The number of carbonyl (C=O) groups excluding carboxylic acids is 2. The highest BCUT2D eigenvalue weighted by Gasteiger charge is 2.24. The summed E-state index contributed by atoms with van der Waals surface area (Å²) in [6, 6.07) is 9.27. The molecule has 2 amide bonds. The van der Waals surface area contributed by atoms with Crippen molar-refractivity contribution in [1.82, 2.24) is 20.0 Å². The molecule has 7 nitrogen and oxygen atoms in total. The zero-order valence-electron chi connectivity index (χ0n) is 16.1. The lowest BCUT2D eigenvalue weighted by atomic mass is 10.1. The lowest BCUT2D eigenvalue weighted by Gasteiger charge is -2.29. The summed E-state index contributed by atoms with van der Waals surface area (Å²) < 4.78 is 7.11. The molecule has 1 aliphatic heterocycles. The number of amides is 2. The molecule has 1 aromatic heterocycles. The number of para-hydroxylation sites is 1. The molecule has 0 radical (unpaired) electrons. The number of carbonyl (C=O) groups is 2. The molecule has 2 heterocycles. The lowest BCUT2D eigenvalue weighted by molar-refractivity contribution is -0.139. The van der Waals surface area contributed by atoms with Gasteiger partial charge in [0, 0.05) is 24.3 Å². The molecule has 1 saturated heterocycles. The van der Waals surface area contributed by atoms with Crippen molar-refractivity contribution in [3.05, 3.63) is 47.3 Å². The molecule has 1 fully saturated rings. The lowest BCUT2D eigenvalue weighted by Crippen LogP contribution is -2.50. The van der Waals surface area contributed by atoms with E-state index >= 15 is 0 Å². The van der Waals surface area contributed by atoms with Crippen LogP contribution in [0, 0.1) is 13.8 Å². The van der Waals surface area contributed by atoms with Gasteiger partial charge in [-0.15, -0.1) is 0 Å². The molecular formula is C20H26N4O3. The molecule has 7 heteroatoms. The van der Waals surface area contributed by atoms with E-state index < -0.39 is 6.04 Å². The Labute approximate surface area is 159 Å². The number of rotatable bonds is 5. The second-order valence-corrected chi connectivity index (χ2v) is 6.80. The Kier molecular flexibility index (Phi) is 5.91. The summed E-state index contributed by atoms with van der Waals surface area (Å²) in [6.45, 7) is 7.81. The van der Waals surface area contributed by atoms with Crippen molar-refractivity contribution in [3.8, 4) is 5.69 Å². The fraction of sp³-hybridized carbons (Fsp3) is 0.450. The summed E-state index contributed by atoms with van der Waals surface area (Å²) in [6.07, 6.45) is 0.200. The zero-order valence-corrected chi connectivity index (χ0v) is 16.1. The second-order valence-electron chi connectivity index (χ2n) is 6.80. The Morgan fingerprint density at radius 2 is 1.85 bits per heavy atom. The Morgan fingerprint density at radius 1 is 1.19 bits per heavy atom. The van der Waals surface area contributed by atoms with E-state index in [4.69, 9.17) is 4.74 Å². The van der Waals surface area contributed by atoms with E-state index in [0.717, 1.165) is 22.6 Å². The van der Waals surface area contributed by atoms with Gasteiger partial charge in [-0.25, -0.2) is 4.68 Å². The summed E-state index contributed by atoms with van der Waals surface area (Å²) >= 11 is 0. The van der Waals surface area contributed by atoms with Gasteiger partial charge in [-0.2, -0.15) is 5.10 Å². The normalized spacial score (nSPS) is 15.4. The first-order chi connectivity index (χ1) is 13.0. The number of morpholine rings is 1. The maximum absolute atomic E-state index is 12.5. The second kappa shape index (κ2) is 8.35. The Hall–Kier alpha value is -2.67. The quantitative estimate of drug-likeness (QED) is 0.863. The first-order valence-corrected chi connectivity index (χ1v) is 9.23. The van der Waals surface area contributed by atoms with Gasteiger partial charge in [0.05, 0.1) is 31.0 Å². The van der Waals surface area contributed by atoms with Crippen molar-refractivity contribution in [1.29, 1.82) is 0 Å². The van der Waals surface area contributed by atoms with Crippen LogP contribution < -0.4 is 5.32 Å². The van der Waals surface area contributed by atoms with Crippen LogP contribution in [0.2, 0.25) is 0 Å². The minimum absolute atomic E-state index is 0.0694. The average Bonchev–Trinajstić information content (AvgIpc) is 2.97. The molecule has 0 spiro atoms. The van der Waals surface area contributed by atoms with E-state index in [9.17, 15) is 9.59 Å². The van der Waals surface area contributed by atoms with E-state index in [2.05, 4.69) is 10.4 Å². The predicted octanol–water partition coefficient (Wildman–Crippen LogP) is 1.40. The molecule has 1 aliphatic rings. The number of aryl methyl sites for hydroxylation is 1. The summed E-state index contributed by atoms with van der Waals surface area (Å²) in [5, 5.41) is 7.39. The van der Waals surface area contributed by atoms with Crippen LogP contribution in [0.15, 0.2) is 30.3 Å². The van der Waals surface area contributed by atoms with Crippen molar-refractivity contribution >= 4 is 11.8 Å². The SMILES string of the molecule is Cc1nn(-c2ccccc2)c(C)c1CC(=O)NC(C)C(=O)N1CCOCC1. The molecule has 1 N–H and O–H groups in total. The van der Waals surface area contributed by atoms with Gasteiger partial charge in [-0.05, 0) is 32.9 Å². The summed E-state index contributed by atoms with van der Waals surface area (Å²) in [4.78, 5) is 26.7. The van der Waals surface area contributed by atoms with E-state index in [0.29, 0.717) is 26.3 Å². The summed E-state index contributed by atoms with van der Waals surface area (Å²) in [5.41, 5.74) is 3.60. The molecule has 1 unspecified atom stereocenters. The standard InChI is InChI=1S/C20H26N4O3/c1-14-18(16(3)24(22-14)17-7-5-4-6-8-17)13-19(25)21-15(2)20(26)23-9-11-27-12-10-23/h4-8,15H,9-13H2,1-3H3,(H,21,25). The van der Waals surface area contributed by atoms with Crippen LogP contribution in [0.3, 0.4) is 0 Å². The van der Waals surface area contributed by atoms with Crippen LogP contribution in [0.4, 0.5) is 0 Å². The number of benzene rings is 1. The molecule has 0 bridgehead atoms. The molecule has 27 heavy (non-hydrogen) atoms. The van der Waals surface area contributed by atoms with Gasteiger partial charge in [-0.1, -0.05) is 18.2 Å². The number of nitrogens with one attached hydrogen (secondary N) is 1. The van der Waals surface area contributed by atoms with Crippen molar-refractivity contribution in [2.75, 3.05) is 26.3 Å². The summed E-state index contributed by atoms with van der Waals surface area (Å²) in [7, 11) is 0. The van der Waals surface area contributed by atoms with Crippen LogP contribution in [0.5, 0.6) is 0 Å².